The van der Waals surface area contributed by atoms with Crippen molar-refractivity contribution in [2.24, 2.45) is 5.92 Å². The van der Waals surface area contributed by atoms with Gasteiger partial charge in [-0.25, -0.2) is 4.39 Å². The number of terminal acetylenes is 1. The van der Waals surface area contributed by atoms with E-state index >= 15 is 0 Å². The third kappa shape index (κ3) is 4.14. The Bertz CT molecular complexity index is 552. The number of carbonyl (C=O) groups is 1. The average Bonchev–Trinajstić information content (AvgIpc) is 2.52. The Morgan fingerprint density at radius 3 is 2.77 bits per heavy atom. The van der Waals surface area contributed by atoms with Gasteiger partial charge >= 0.3 is 0 Å². The third-order valence-electron chi connectivity index (χ3n) is 3.91. The fourth-order valence-corrected chi connectivity index (χ4v) is 2.74. The molecule has 1 amide bonds. The van der Waals surface area contributed by atoms with E-state index in [4.69, 9.17) is 16.9 Å². The van der Waals surface area contributed by atoms with Gasteiger partial charge in [-0.2, -0.15) is 0 Å². The molecule has 0 aromatic heterocycles. The molecule has 0 spiro atoms. The minimum Gasteiger partial charge on any atom is -0.476 e. The molecule has 1 aromatic carbocycles. The van der Waals surface area contributed by atoms with E-state index in [0.29, 0.717) is 12.5 Å². The first kappa shape index (κ1) is 16.2. The van der Waals surface area contributed by atoms with Gasteiger partial charge in [-0.3, -0.25) is 4.79 Å². The highest BCUT2D eigenvalue weighted by molar-refractivity contribution is 5.95. The van der Waals surface area contributed by atoms with Crippen LogP contribution in [0, 0.1) is 24.1 Å². The molecule has 1 fully saturated rings. The van der Waals surface area contributed by atoms with Gasteiger partial charge in [0, 0.05) is 12.1 Å². The molecule has 0 bridgehead atoms. The molecule has 0 unspecified atom stereocenters. The Morgan fingerprint density at radius 1 is 1.41 bits per heavy atom. The van der Waals surface area contributed by atoms with Crippen LogP contribution in [0.5, 0.6) is 5.75 Å². The first-order chi connectivity index (χ1) is 10.6. The monoisotopic (exact) mass is 304 g/mol. The summed E-state index contributed by atoms with van der Waals surface area (Å²) in [5.41, 5.74) is 5.99. The number of rotatable bonds is 5. The summed E-state index contributed by atoms with van der Waals surface area (Å²) in [6.45, 7) is 0.546. The summed E-state index contributed by atoms with van der Waals surface area (Å²) in [5, 5.41) is 2.85. The average molecular weight is 304 g/mol. The number of anilines is 1. The summed E-state index contributed by atoms with van der Waals surface area (Å²) in [6, 6.07) is 2.53. The molecule has 1 aliphatic carbocycles. The Morgan fingerprint density at radius 2 is 2.14 bits per heavy atom. The maximum absolute atomic E-state index is 13.9. The summed E-state index contributed by atoms with van der Waals surface area (Å²) in [5.74, 6) is 1.64. The zero-order valence-electron chi connectivity index (χ0n) is 12.5. The topological polar surface area (TPSA) is 64.3 Å². The highest BCUT2D eigenvalue weighted by atomic mass is 19.1. The molecule has 0 atom stereocenters. The molecule has 118 valence electrons. The van der Waals surface area contributed by atoms with E-state index in [9.17, 15) is 9.18 Å². The smallest absolute Gasteiger partial charge is 0.251 e. The van der Waals surface area contributed by atoms with Crippen molar-refractivity contribution in [1.29, 1.82) is 0 Å². The zero-order valence-corrected chi connectivity index (χ0v) is 12.5. The lowest BCUT2D eigenvalue weighted by Gasteiger charge is -2.21. The van der Waals surface area contributed by atoms with Gasteiger partial charge in [-0.1, -0.05) is 25.2 Å². The highest BCUT2D eigenvalue weighted by Crippen LogP contribution is 2.27. The van der Waals surface area contributed by atoms with Crippen LogP contribution >= 0.6 is 0 Å². The molecule has 4 nitrogen and oxygen atoms in total. The van der Waals surface area contributed by atoms with Gasteiger partial charge in [-0.05, 0) is 30.9 Å². The van der Waals surface area contributed by atoms with Crippen molar-refractivity contribution in [1.82, 2.24) is 5.32 Å². The Kier molecular flexibility index (Phi) is 5.65. The molecule has 22 heavy (non-hydrogen) atoms. The van der Waals surface area contributed by atoms with Gasteiger partial charge in [-0.15, -0.1) is 6.42 Å². The van der Waals surface area contributed by atoms with Crippen LogP contribution in [0.15, 0.2) is 12.1 Å². The van der Waals surface area contributed by atoms with Crippen molar-refractivity contribution in [3.63, 3.8) is 0 Å². The van der Waals surface area contributed by atoms with Crippen LogP contribution in [0.25, 0.3) is 0 Å². The number of hydrogen-bond acceptors (Lipinski definition) is 3. The molecule has 5 heteroatoms. The maximum atomic E-state index is 13.9. The van der Waals surface area contributed by atoms with E-state index in [-0.39, 0.29) is 29.5 Å². The van der Waals surface area contributed by atoms with E-state index in [1.165, 1.54) is 25.3 Å². The van der Waals surface area contributed by atoms with Crippen LogP contribution < -0.4 is 15.8 Å². The molecule has 3 N–H and O–H groups in total. The lowest BCUT2D eigenvalue weighted by atomic mass is 9.89. The SMILES string of the molecule is C#CCOc1c(N)cc(C(=O)NCC2CCCCC2)cc1F. The number of hydrogen-bond donors (Lipinski definition) is 2. The van der Waals surface area contributed by atoms with Gasteiger partial charge in [0.05, 0.1) is 5.69 Å². The number of amides is 1. The fourth-order valence-electron chi connectivity index (χ4n) is 2.74. The summed E-state index contributed by atoms with van der Waals surface area (Å²) in [4.78, 5) is 12.1. The van der Waals surface area contributed by atoms with Gasteiger partial charge in [0.2, 0.25) is 0 Å². The van der Waals surface area contributed by atoms with Crippen molar-refractivity contribution in [2.45, 2.75) is 32.1 Å². The van der Waals surface area contributed by atoms with Crippen molar-refractivity contribution in [2.75, 3.05) is 18.9 Å². The Balaban J connectivity index is 1.99. The molecular formula is C17H21FN2O2. The second-order valence-electron chi connectivity index (χ2n) is 5.58. The van der Waals surface area contributed by atoms with E-state index < -0.39 is 5.82 Å². The normalized spacial score (nSPS) is 15.1. The molecule has 0 aliphatic heterocycles. The third-order valence-corrected chi connectivity index (χ3v) is 3.91. The number of nitrogens with two attached hydrogens (primary N) is 1. The van der Waals surface area contributed by atoms with Crippen LogP contribution in [0.3, 0.4) is 0 Å². The first-order valence-corrected chi connectivity index (χ1v) is 7.55. The fraction of sp³-hybridized carbons (Fsp3) is 0.471. The quantitative estimate of drug-likeness (QED) is 0.649. The van der Waals surface area contributed by atoms with E-state index in [0.717, 1.165) is 18.9 Å². The van der Waals surface area contributed by atoms with E-state index in [1.54, 1.807) is 0 Å². The number of nitrogens with one attached hydrogen (secondary N) is 1. The largest absolute Gasteiger partial charge is 0.476 e. The minimum atomic E-state index is -0.682. The zero-order chi connectivity index (χ0) is 15.9. The highest BCUT2D eigenvalue weighted by Gasteiger charge is 2.17. The van der Waals surface area contributed by atoms with Crippen molar-refractivity contribution >= 4 is 11.6 Å². The van der Waals surface area contributed by atoms with Gasteiger partial charge in [0.25, 0.3) is 5.91 Å². The number of halogens is 1. The van der Waals surface area contributed by atoms with E-state index in [2.05, 4.69) is 11.2 Å². The summed E-state index contributed by atoms with van der Waals surface area (Å²) >= 11 is 0. The van der Waals surface area contributed by atoms with Crippen molar-refractivity contribution in [3.05, 3.63) is 23.5 Å². The number of benzene rings is 1. The second kappa shape index (κ2) is 7.69. The van der Waals surface area contributed by atoms with Crippen LogP contribution in [-0.4, -0.2) is 19.1 Å². The van der Waals surface area contributed by atoms with Crippen LogP contribution in [-0.2, 0) is 0 Å². The molecule has 0 heterocycles. The van der Waals surface area contributed by atoms with Crippen molar-refractivity contribution < 1.29 is 13.9 Å². The predicted molar refractivity (Wildman–Crippen MR) is 84.0 cm³/mol. The molecule has 0 saturated heterocycles. The van der Waals surface area contributed by atoms with Crippen LogP contribution in [0.4, 0.5) is 10.1 Å². The predicted octanol–water partition coefficient (Wildman–Crippen LogP) is 2.73. The number of ether oxygens (including phenoxy) is 1. The summed E-state index contributed by atoms with van der Waals surface area (Å²) < 4.78 is 19.0. The lowest BCUT2D eigenvalue weighted by molar-refractivity contribution is 0.0943. The molecule has 1 aliphatic rings. The molecular weight excluding hydrogens is 283 g/mol. The maximum Gasteiger partial charge on any atom is 0.251 e. The second-order valence-corrected chi connectivity index (χ2v) is 5.58. The lowest BCUT2D eigenvalue weighted by Crippen LogP contribution is -2.30. The van der Waals surface area contributed by atoms with Gasteiger partial charge in [0.15, 0.2) is 11.6 Å². The van der Waals surface area contributed by atoms with Gasteiger partial charge in [0.1, 0.15) is 6.61 Å². The molecule has 1 aromatic rings. The standard InChI is InChI=1S/C17H21FN2O2/c1-2-8-22-16-14(18)9-13(10-15(16)19)17(21)20-11-12-6-4-3-5-7-12/h1,9-10,12H,3-8,11,19H2,(H,20,21). The van der Waals surface area contributed by atoms with Crippen LogP contribution in [0.2, 0.25) is 0 Å². The summed E-state index contributed by atoms with van der Waals surface area (Å²) in [6.07, 6.45) is 11.0. The molecule has 1 saturated carbocycles. The van der Waals surface area contributed by atoms with Gasteiger partial charge < -0.3 is 15.8 Å². The number of nitrogen functional groups attached to an aromatic ring is 1. The first-order valence-electron chi connectivity index (χ1n) is 7.55. The van der Waals surface area contributed by atoms with Crippen LogP contribution in [0.1, 0.15) is 42.5 Å². The van der Waals surface area contributed by atoms with E-state index in [1.807, 2.05) is 0 Å². The Hall–Kier alpha value is -2.22. The van der Waals surface area contributed by atoms with Crippen molar-refractivity contribution in [3.8, 4) is 18.1 Å². The minimum absolute atomic E-state index is 0.0677. The molecule has 0 radical (unpaired) electrons. The molecule has 2 rings (SSSR count). The number of carbonyl (C=O) groups excluding carboxylic acids is 1. The Labute approximate surface area is 130 Å². The summed E-state index contributed by atoms with van der Waals surface area (Å²) in [7, 11) is 0.